The zero-order chi connectivity index (χ0) is 19.7. The van der Waals surface area contributed by atoms with Crippen molar-refractivity contribution in [3.05, 3.63) is 28.9 Å². The van der Waals surface area contributed by atoms with Crippen molar-refractivity contribution in [2.24, 2.45) is 7.05 Å². The number of hydrogen-bond acceptors (Lipinski definition) is 5. The maximum Gasteiger partial charge on any atom is 0.326 e. The monoisotopic (exact) mass is 407 g/mol. The van der Waals surface area contributed by atoms with Crippen molar-refractivity contribution in [3.63, 3.8) is 0 Å². The van der Waals surface area contributed by atoms with Crippen molar-refractivity contribution < 1.29 is 19.5 Å². The number of carboxylic acids is 1. The number of carbonyl (C=O) groups excluding carboxylic acids is 2. The number of thiocarbonyl (C=S) groups is 1. The van der Waals surface area contributed by atoms with Crippen LogP contribution in [0.5, 0.6) is 0 Å². The van der Waals surface area contributed by atoms with Crippen molar-refractivity contribution >= 4 is 52.2 Å². The number of likely N-dealkylation sites (tertiary alicyclic amines) is 1. The van der Waals surface area contributed by atoms with Crippen LogP contribution in [0.2, 0.25) is 0 Å². The molecule has 7 nitrogen and oxygen atoms in total. The van der Waals surface area contributed by atoms with Gasteiger partial charge in [-0.15, -0.1) is 0 Å². The molecule has 0 bridgehead atoms. The van der Waals surface area contributed by atoms with Gasteiger partial charge in [0.2, 0.25) is 5.91 Å². The summed E-state index contributed by atoms with van der Waals surface area (Å²) in [4.78, 5) is 40.4. The van der Waals surface area contributed by atoms with Crippen LogP contribution in [0.4, 0.5) is 0 Å². The standard InChI is InChI=1S/C18H21N3O4S2/c1-11(15(22)20-9-4-3-7-13(20)17(24)25)21-16(23)14(27-18(21)26)10-12-6-5-8-19(12)2/h5-6,8,10-11,13H,3-4,7,9H2,1-2H3,(H,24,25). The Morgan fingerprint density at radius 3 is 2.78 bits per heavy atom. The van der Waals surface area contributed by atoms with Crippen LogP contribution in [-0.4, -0.2) is 60.2 Å². The summed E-state index contributed by atoms with van der Waals surface area (Å²) in [6, 6.07) is 2.08. The number of carbonyl (C=O) groups is 3. The van der Waals surface area contributed by atoms with Gasteiger partial charge in [0, 0.05) is 25.5 Å². The molecular weight excluding hydrogens is 386 g/mol. The van der Waals surface area contributed by atoms with Gasteiger partial charge < -0.3 is 14.6 Å². The van der Waals surface area contributed by atoms with Gasteiger partial charge in [-0.3, -0.25) is 14.5 Å². The summed E-state index contributed by atoms with van der Waals surface area (Å²) in [5, 5.41) is 9.40. The first kappa shape index (κ1) is 19.6. The van der Waals surface area contributed by atoms with Crippen LogP contribution in [0, 0.1) is 0 Å². The number of nitrogens with zero attached hydrogens (tertiary/aromatic N) is 3. The first-order valence-electron chi connectivity index (χ1n) is 8.73. The van der Waals surface area contributed by atoms with E-state index in [2.05, 4.69) is 0 Å². The van der Waals surface area contributed by atoms with Gasteiger partial charge in [-0.05, 0) is 44.4 Å². The van der Waals surface area contributed by atoms with E-state index in [1.54, 1.807) is 13.0 Å². The molecule has 0 spiro atoms. The molecule has 2 aliphatic rings. The van der Waals surface area contributed by atoms with E-state index in [0.29, 0.717) is 22.2 Å². The molecule has 2 atom stereocenters. The highest BCUT2D eigenvalue weighted by Crippen LogP contribution is 2.34. The van der Waals surface area contributed by atoms with Gasteiger partial charge in [0.25, 0.3) is 5.91 Å². The van der Waals surface area contributed by atoms with Gasteiger partial charge in [0.15, 0.2) is 0 Å². The Labute approximate surface area is 167 Å². The molecule has 1 aromatic heterocycles. The first-order chi connectivity index (χ1) is 12.8. The summed E-state index contributed by atoms with van der Waals surface area (Å²) in [6.45, 7) is 1.99. The summed E-state index contributed by atoms with van der Waals surface area (Å²) in [5.74, 6) is -1.71. The predicted octanol–water partition coefficient (Wildman–Crippen LogP) is 2.08. The molecule has 1 aromatic rings. The molecule has 2 aliphatic heterocycles. The maximum absolute atomic E-state index is 12.9. The first-order valence-corrected chi connectivity index (χ1v) is 9.95. The largest absolute Gasteiger partial charge is 0.480 e. The van der Waals surface area contributed by atoms with E-state index in [0.717, 1.165) is 30.3 Å². The minimum atomic E-state index is -1.01. The number of piperidine rings is 1. The lowest BCUT2D eigenvalue weighted by Gasteiger charge is -2.36. The second kappa shape index (κ2) is 7.85. The number of aryl methyl sites for hydroxylation is 1. The molecule has 27 heavy (non-hydrogen) atoms. The van der Waals surface area contributed by atoms with Gasteiger partial charge in [0.1, 0.15) is 16.4 Å². The number of aliphatic carboxylic acids is 1. The van der Waals surface area contributed by atoms with Crippen LogP contribution in [0.15, 0.2) is 23.2 Å². The van der Waals surface area contributed by atoms with E-state index in [4.69, 9.17) is 12.2 Å². The molecule has 1 N–H and O–H groups in total. The van der Waals surface area contributed by atoms with E-state index in [1.165, 1.54) is 9.80 Å². The molecule has 0 aromatic carbocycles. The number of aromatic nitrogens is 1. The lowest BCUT2D eigenvalue weighted by Crippen LogP contribution is -2.55. The van der Waals surface area contributed by atoms with E-state index in [1.807, 2.05) is 29.9 Å². The molecule has 2 fully saturated rings. The molecule has 3 heterocycles. The fraction of sp³-hybridized carbons (Fsp3) is 0.444. The van der Waals surface area contributed by atoms with Crippen molar-refractivity contribution in [1.29, 1.82) is 0 Å². The Hall–Kier alpha value is -2.13. The molecule has 0 saturated carbocycles. The van der Waals surface area contributed by atoms with Crippen LogP contribution >= 0.6 is 24.0 Å². The zero-order valence-corrected chi connectivity index (χ0v) is 16.8. The highest BCUT2D eigenvalue weighted by atomic mass is 32.2. The topological polar surface area (TPSA) is 82.8 Å². The number of rotatable bonds is 4. The lowest BCUT2D eigenvalue weighted by atomic mass is 10.0. The molecule has 2 unspecified atom stereocenters. The minimum Gasteiger partial charge on any atom is -0.480 e. The summed E-state index contributed by atoms with van der Waals surface area (Å²) in [6.07, 6.45) is 5.59. The number of carboxylic acid groups (broad SMARTS) is 1. The molecule has 9 heteroatoms. The third-order valence-corrected chi connectivity index (χ3v) is 6.23. The Balaban J connectivity index is 1.80. The van der Waals surface area contributed by atoms with Crippen LogP contribution in [0.25, 0.3) is 6.08 Å². The van der Waals surface area contributed by atoms with Crippen LogP contribution in [0.1, 0.15) is 31.9 Å². The van der Waals surface area contributed by atoms with E-state index < -0.39 is 18.1 Å². The third kappa shape index (κ3) is 3.79. The SMILES string of the molecule is CC(C(=O)N1CCCCC1C(=O)O)N1C(=O)C(=Cc2cccn2C)SC1=S. The zero-order valence-electron chi connectivity index (χ0n) is 15.1. The maximum atomic E-state index is 12.9. The summed E-state index contributed by atoms with van der Waals surface area (Å²) in [5.41, 5.74) is 0.858. The highest BCUT2D eigenvalue weighted by molar-refractivity contribution is 8.26. The van der Waals surface area contributed by atoms with Gasteiger partial charge >= 0.3 is 5.97 Å². The fourth-order valence-electron chi connectivity index (χ4n) is 3.37. The second-order valence-corrected chi connectivity index (χ2v) is 8.33. The molecule has 2 saturated heterocycles. The Morgan fingerprint density at radius 2 is 2.15 bits per heavy atom. The lowest BCUT2D eigenvalue weighted by molar-refractivity contribution is -0.154. The van der Waals surface area contributed by atoms with E-state index >= 15 is 0 Å². The van der Waals surface area contributed by atoms with E-state index in [9.17, 15) is 19.5 Å². The van der Waals surface area contributed by atoms with Crippen LogP contribution in [-0.2, 0) is 21.4 Å². The Bertz CT molecular complexity index is 832. The summed E-state index contributed by atoms with van der Waals surface area (Å²) in [7, 11) is 1.88. The smallest absolute Gasteiger partial charge is 0.326 e. The highest BCUT2D eigenvalue weighted by Gasteiger charge is 2.42. The average Bonchev–Trinajstić information content (AvgIpc) is 3.16. The third-order valence-electron chi connectivity index (χ3n) is 4.90. The van der Waals surface area contributed by atoms with Gasteiger partial charge in [-0.2, -0.15) is 0 Å². The summed E-state index contributed by atoms with van der Waals surface area (Å²) >= 11 is 6.49. The Kier molecular flexibility index (Phi) is 5.71. The van der Waals surface area contributed by atoms with Crippen molar-refractivity contribution in [1.82, 2.24) is 14.4 Å². The van der Waals surface area contributed by atoms with Gasteiger partial charge in [0.05, 0.1) is 4.91 Å². The fourth-order valence-corrected chi connectivity index (χ4v) is 4.78. The molecule has 3 rings (SSSR count). The molecule has 2 amide bonds. The molecule has 0 aliphatic carbocycles. The van der Waals surface area contributed by atoms with Crippen molar-refractivity contribution in [2.45, 2.75) is 38.3 Å². The van der Waals surface area contributed by atoms with Crippen molar-refractivity contribution in [2.75, 3.05) is 6.54 Å². The van der Waals surface area contributed by atoms with Crippen molar-refractivity contribution in [3.8, 4) is 0 Å². The van der Waals surface area contributed by atoms with Crippen LogP contribution in [0.3, 0.4) is 0 Å². The minimum absolute atomic E-state index is 0.310. The quantitative estimate of drug-likeness (QED) is 0.608. The number of hydrogen-bond donors (Lipinski definition) is 1. The molecule has 144 valence electrons. The second-order valence-electron chi connectivity index (χ2n) is 6.65. The molecular formula is C18H21N3O4S2. The predicted molar refractivity (Wildman–Crippen MR) is 107 cm³/mol. The normalized spacial score (nSPS) is 23.2. The van der Waals surface area contributed by atoms with E-state index in [-0.39, 0.29) is 11.8 Å². The van der Waals surface area contributed by atoms with Crippen LogP contribution < -0.4 is 0 Å². The average molecular weight is 408 g/mol. The molecule has 0 radical (unpaired) electrons. The van der Waals surface area contributed by atoms with Gasteiger partial charge in [-0.1, -0.05) is 24.0 Å². The Morgan fingerprint density at radius 1 is 1.41 bits per heavy atom. The van der Waals surface area contributed by atoms with Gasteiger partial charge in [-0.25, -0.2) is 4.79 Å². The number of thioether (sulfide) groups is 1. The number of amides is 2. The summed E-state index contributed by atoms with van der Waals surface area (Å²) < 4.78 is 2.19.